The van der Waals surface area contributed by atoms with Crippen LogP contribution in [0, 0.1) is 17.8 Å². The predicted octanol–water partition coefficient (Wildman–Crippen LogP) is 3.02. The van der Waals surface area contributed by atoms with E-state index in [1.165, 1.54) is 12.3 Å². The number of alkyl halides is 4. The highest BCUT2D eigenvalue weighted by molar-refractivity contribution is 6.04. The molecule has 2 aliphatic carbocycles. The number of nitrogen functional groups attached to an aromatic ring is 1. The number of aromatic nitrogens is 1. The number of fused-ring (bicyclic) bond motifs is 1. The van der Waals surface area contributed by atoms with Crippen LogP contribution in [0.5, 0.6) is 5.75 Å². The SMILES string of the molecule is NC(=CC(=NCC(F)F)C1C2CC(N3CCCOCC3)CC21)c1cnc(N)c(OC(F)F)c1. The first-order chi connectivity index (χ1) is 15.8. The van der Waals surface area contributed by atoms with Gasteiger partial charge in [-0.25, -0.2) is 13.8 Å². The molecule has 11 heteroatoms. The zero-order chi connectivity index (χ0) is 23.5. The van der Waals surface area contributed by atoms with Crippen LogP contribution in [0.4, 0.5) is 23.4 Å². The predicted molar refractivity (Wildman–Crippen MR) is 116 cm³/mol. The number of anilines is 1. The van der Waals surface area contributed by atoms with Crippen molar-refractivity contribution in [2.24, 2.45) is 28.5 Å². The summed E-state index contributed by atoms with van der Waals surface area (Å²) in [7, 11) is 0. The van der Waals surface area contributed by atoms with Gasteiger partial charge < -0.3 is 20.9 Å². The van der Waals surface area contributed by atoms with Gasteiger partial charge in [0.05, 0.1) is 6.61 Å². The van der Waals surface area contributed by atoms with Crippen LogP contribution in [0.2, 0.25) is 0 Å². The lowest BCUT2D eigenvalue weighted by atomic mass is 10.0. The van der Waals surface area contributed by atoms with Crippen LogP contribution in [-0.2, 0) is 4.74 Å². The minimum atomic E-state index is -3.06. The summed E-state index contributed by atoms with van der Waals surface area (Å²) in [4.78, 5) is 10.5. The Bertz CT molecular complexity index is 878. The number of ether oxygens (including phenoxy) is 2. The lowest BCUT2D eigenvalue weighted by Crippen LogP contribution is -2.37. The maximum Gasteiger partial charge on any atom is 0.387 e. The second kappa shape index (κ2) is 10.3. The number of nitrogens with two attached hydrogens (primary N) is 2. The standard InChI is InChI=1S/C22H29F4N5O2/c23-19(24)11-29-17(9-16(27)12-6-18(33-22(25)26)21(28)30-10-12)20-14-7-13(8-15(14)20)31-2-1-4-32-5-3-31/h6,9-10,13-15,19-20,22H,1-5,7-8,11,27H2,(H2,28,30). The zero-order valence-electron chi connectivity index (χ0n) is 18.2. The van der Waals surface area contributed by atoms with Gasteiger partial charge in [0.15, 0.2) is 11.6 Å². The van der Waals surface area contributed by atoms with Crippen LogP contribution < -0.4 is 16.2 Å². The molecule has 182 valence electrons. The summed E-state index contributed by atoms with van der Waals surface area (Å²) >= 11 is 0. The van der Waals surface area contributed by atoms with Crippen molar-refractivity contribution in [3.05, 3.63) is 23.9 Å². The Balaban J connectivity index is 1.48. The number of nitrogens with zero attached hydrogens (tertiary/aromatic N) is 3. The van der Waals surface area contributed by atoms with E-state index in [-0.39, 0.29) is 23.2 Å². The van der Waals surface area contributed by atoms with E-state index in [2.05, 4.69) is 19.6 Å². The molecule has 1 aromatic heterocycles. The van der Waals surface area contributed by atoms with Crippen molar-refractivity contribution >= 4 is 17.2 Å². The summed E-state index contributed by atoms with van der Waals surface area (Å²) in [6.45, 7) is -0.212. The van der Waals surface area contributed by atoms with Gasteiger partial charge in [-0.05, 0) is 43.2 Å². The molecule has 0 aromatic carbocycles. The first-order valence-corrected chi connectivity index (χ1v) is 11.2. The highest BCUT2D eigenvalue weighted by Gasteiger charge is 2.58. The third kappa shape index (κ3) is 5.75. The van der Waals surface area contributed by atoms with Crippen molar-refractivity contribution in [2.45, 2.75) is 38.3 Å². The fourth-order valence-electron chi connectivity index (χ4n) is 5.15. The monoisotopic (exact) mass is 471 g/mol. The molecule has 7 nitrogen and oxygen atoms in total. The molecular weight excluding hydrogens is 442 g/mol. The third-order valence-corrected chi connectivity index (χ3v) is 6.68. The van der Waals surface area contributed by atoms with Crippen LogP contribution in [0.3, 0.4) is 0 Å². The van der Waals surface area contributed by atoms with Gasteiger partial charge in [0.1, 0.15) is 6.54 Å². The molecule has 3 aliphatic rings. The van der Waals surface area contributed by atoms with Crippen LogP contribution in [0.25, 0.3) is 5.70 Å². The molecule has 0 bridgehead atoms. The molecule has 4 rings (SSSR count). The minimum Gasteiger partial charge on any atom is -0.431 e. The lowest BCUT2D eigenvalue weighted by Gasteiger charge is -2.28. The number of halogens is 4. The molecule has 0 radical (unpaired) electrons. The first kappa shape index (κ1) is 23.7. The van der Waals surface area contributed by atoms with Gasteiger partial charge >= 0.3 is 6.61 Å². The molecule has 0 spiro atoms. The van der Waals surface area contributed by atoms with Crippen molar-refractivity contribution < 1.29 is 27.0 Å². The molecule has 3 fully saturated rings. The second-order valence-corrected chi connectivity index (χ2v) is 8.72. The summed E-state index contributed by atoms with van der Waals surface area (Å²) in [6, 6.07) is 1.74. The van der Waals surface area contributed by atoms with Gasteiger partial charge in [-0.15, -0.1) is 0 Å². The third-order valence-electron chi connectivity index (χ3n) is 6.68. The summed E-state index contributed by atoms with van der Waals surface area (Å²) in [5, 5.41) is 0. The number of hydrogen-bond acceptors (Lipinski definition) is 7. The van der Waals surface area contributed by atoms with E-state index in [4.69, 9.17) is 16.2 Å². The molecule has 4 N–H and O–H groups in total. The Hall–Kier alpha value is -2.40. The Morgan fingerprint density at radius 2 is 2.00 bits per heavy atom. The number of aliphatic imine (C=N–C) groups is 1. The van der Waals surface area contributed by atoms with E-state index >= 15 is 0 Å². The Morgan fingerprint density at radius 3 is 2.70 bits per heavy atom. The average molecular weight is 471 g/mol. The second-order valence-electron chi connectivity index (χ2n) is 8.72. The van der Waals surface area contributed by atoms with Crippen LogP contribution in [0.1, 0.15) is 24.8 Å². The summed E-state index contributed by atoms with van der Waals surface area (Å²) in [5.41, 5.74) is 12.8. The first-order valence-electron chi connectivity index (χ1n) is 11.2. The highest BCUT2D eigenvalue weighted by Crippen LogP contribution is 2.59. The Morgan fingerprint density at radius 1 is 1.24 bits per heavy atom. The van der Waals surface area contributed by atoms with E-state index in [0.29, 0.717) is 29.2 Å². The summed E-state index contributed by atoms with van der Waals surface area (Å²) in [5.74, 6) is 0.335. The van der Waals surface area contributed by atoms with Crippen molar-refractivity contribution in [3.8, 4) is 5.75 Å². The van der Waals surface area contributed by atoms with E-state index in [1.54, 1.807) is 6.08 Å². The number of allylic oxidation sites excluding steroid dienone is 1. The lowest BCUT2D eigenvalue weighted by molar-refractivity contribution is -0.0495. The van der Waals surface area contributed by atoms with E-state index in [9.17, 15) is 17.6 Å². The Kier molecular flexibility index (Phi) is 7.38. The average Bonchev–Trinajstić information content (AvgIpc) is 3.38. The normalized spacial score (nSPS) is 28.8. The van der Waals surface area contributed by atoms with Gasteiger partial charge in [0.25, 0.3) is 6.43 Å². The molecule has 1 saturated heterocycles. The molecule has 2 saturated carbocycles. The van der Waals surface area contributed by atoms with Crippen LogP contribution in [-0.4, -0.2) is 67.5 Å². The van der Waals surface area contributed by atoms with E-state index in [0.717, 1.165) is 45.6 Å². The van der Waals surface area contributed by atoms with Gasteiger partial charge in [0.2, 0.25) is 0 Å². The zero-order valence-corrected chi connectivity index (χ0v) is 18.2. The highest BCUT2D eigenvalue weighted by atomic mass is 19.3. The summed E-state index contributed by atoms with van der Waals surface area (Å²) < 4.78 is 60.9. The van der Waals surface area contributed by atoms with Crippen molar-refractivity contribution in [1.29, 1.82) is 0 Å². The van der Waals surface area contributed by atoms with Crippen LogP contribution >= 0.6 is 0 Å². The maximum atomic E-state index is 12.9. The largest absolute Gasteiger partial charge is 0.431 e. The molecule has 2 heterocycles. The smallest absolute Gasteiger partial charge is 0.387 e. The van der Waals surface area contributed by atoms with Gasteiger partial charge in [-0.2, -0.15) is 8.78 Å². The number of pyridine rings is 1. The quantitative estimate of drug-likeness (QED) is 0.447. The molecule has 1 aliphatic heterocycles. The summed E-state index contributed by atoms with van der Waals surface area (Å²) in [6.07, 6.45) is 3.32. The maximum absolute atomic E-state index is 12.9. The fraction of sp³-hybridized carbons (Fsp3) is 0.636. The van der Waals surface area contributed by atoms with Crippen molar-refractivity contribution in [1.82, 2.24) is 9.88 Å². The van der Waals surface area contributed by atoms with Gasteiger partial charge in [0, 0.05) is 54.8 Å². The van der Waals surface area contributed by atoms with Gasteiger partial charge in [-0.3, -0.25) is 9.89 Å². The molecule has 2 unspecified atom stereocenters. The molecule has 33 heavy (non-hydrogen) atoms. The molecular formula is C22H29F4N5O2. The number of hydrogen-bond donors (Lipinski definition) is 2. The van der Waals surface area contributed by atoms with Crippen molar-refractivity contribution in [3.63, 3.8) is 0 Å². The molecule has 2 atom stereocenters. The molecule has 1 aromatic rings. The molecule has 0 amide bonds. The Labute approximate surface area is 189 Å². The van der Waals surface area contributed by atoms with E-state index in [1.807, 2.05) is 0 Å². The van der Waals surface area contributed by atoms with Crippen molar-refractivity contribution in [2.75, 3.05) is 38.6 Å². The minimum absolute atomic E-state index is 0.0697. The van der Waals surface area contributed by atoms with Gasteiger partial charge in [-0.1, -0.05) is 0 Å². The van der Waals surface area contributed by atoms with E-state index < -0.39 is 19.6 Å². The topological polar surface area (TPSA) is 99.0 Å². The number of rotatable bonds is 8. The van der Waals surface area contributed by atoms with Crippen LogP contribution in [0.15, 0.2) is 23.3 Å². The fourth-order valence-corrected chi connectivity index (χ4v) is 5.15.